The Balaban J connectivity index is 1.91. The normalized spacial score (nSPS) is 20.0. The SMILES string of the molecule is CCNc1ccc(C(=O)NC(C)C2CCOC2)cc1. The van der Waals surface area contributed by atoms with Crippen LogP contribution in [0.25, 0.3) is 0 Å². The molecule has 1 saturated heterocycles. The van der Waals surface area contributed by atoms with E-state index < -0.39 is 0 Å². The summed E-state index contributed by atoms with van der Waals surface area (Å²) in [5, 5.41) is 6.26. The van der Waals surface area contributed by atoms with Crippen molar-refractivity contribution in [2.45, 2.75) is 26.3 Å². The van der Waals surface area contributed by atoms with Crippen LogP contribution in [0, 0.1) is 5.92 Å². The molecule has 1 aromatic carbocycles. The lowest BCUT2D eigenvalue weighted by molar-refractivity contribution is 0.0922. The van der Waals surface area contributed by atoms with E-state index in [1.165, 1.54) is 0 Å². The lowest BCUT2D eigenvalue weighted by Gasteiger charge is -2.19. The molecule has 0 saturated carbocycles. The summed E-state index contributed by atoms with van der Waals surface area (Å²) in [6.07, 6.45) is 1.03. The molecule has 2 unspecified atom stereocenters. The highest BCUT2D eigenvalue weighted by Gasteiger charge is 2.23. The molecular weight excluding hydrogens is 240 g/mol. The van der Waals surface area contributed by atoms with Crippen LogP contribution >= 0.6 is 0 Å². The van der Waals surface area contributed by atoms with Crippen molar-refractivity contribution in [2.24, 2.45) is 5.92 Å². The molecule has 0 bridgehead atoms. The summed E-state index contributed by atoms with van der Waals surface area (Å²) in [5.74, 6) is 0.424. The van der Waals surface area contributed by atoms with Crippen molar-refractivity contribution in [3.63, 3.8) is 0 Å². The molecule has 0 spiro atoms. The monoisotopic (exact) mass is 262 g/mol. The van der Waals surface area contributed by atoms with Gasteiger partial charge in [-0.1, -0.05) is 0 Å². The molecule has 1 fully saturated rings. The summed E-state index contributed by atoms with van der Waals surface area (Å²) in [6.45, 7) is 6.53. The highest BCUT2D eigenvalue weighted by Crippen LogP contribution is 2.17. The van der Waals surface area contributed by atoms with Gasteiger partial charge < -0.3 is 15.4 Å². The Morgan fingerprint density at radius 2 is 2.16 bits per heavy atom. The zero-order chi connectivity index (χ0) is 13.7. The van der Waals surface area contributed by atoms with Gasteiger partial charge in [0.25, 0.3) is 5.91 Å². The maximum absolute atomic E-state index is 12.1. The van der Waals surface area contributed by atoms with E-state index in [4.69, 9.17) is 4.74 Å². The van der Waals surface area contributed by atoms with E-state index in [1.54, 1.807) is 0 Å². The van der Waals surface area contributed by atoms with E-state index >= 15 is 0 Å². The molecule has 1 aromatic rings. The number of benzene rings is 1. The van der Waals surface area contributed by atoms with Gasteiger partial charge in [0.1, 0.15) is 0 Å². The molecule has 4 heteroatoms. The van der Waals surface area contributed by atoms with Crippen molar-refractivity contribution >= 4 is 11.6 Å². The van der Waals surface area contributed by atoms with Gasteiger partial charge in [-0.2, -0.15) is 0 Å². The second-order valence-corrected chi connectivity index (χ2v) is 4.99. The first-order valence-corrected chi connectivity index (χ1v) is 6.93. The predicted octanol–water partition coefficient (Wildman–Crippen LogP) is 2.27. The average molecular weight is 262 g/mol. The number of anilines is 1. The molecule has 1 amide bonds. The van der Waals surface area contributed by atoms with Crippen LogP contribution in [0.2, 0.25) is 0 Å². The van der Waals surface area contributed by atoms with E-state index in [1.807, 2.05) is 38.1 Å². The quantitative estimate of drug-likeness (QED) is 0.856. The Hall–Kier alpha value is -1.55. The van der Waals surface area contributed by atoms with Gasteiger partial charge in [-0.25, -0.2) is 0 Å². The molecule has 1 aliphatic heterocycles. The summed E-state index contributed by atoms with van der Waals surface area (Å²) in [5.41, 5.74) is 1.74. The fourth-order valence-electron chi connectivity index (χ4n) is 2.30. The number of nitrogens with one attached hydrogen (secondary N) is 2. The topological polar surface area (TPSA) is 50.4 Å². The number of carbonyl (C=O) groups excluding carboxylic acids is 1. The summed E-state index contributed by atoms with van der Waals surface area (Å²) in [4.78, 5) is 12.1. The maximum Gasteiger partial charge on any atom is 0.251 e. The molecule has 19 heavy (non-hydrogen) atoms. The number of rotatable bonds is 5. The minimum atomic E-state index is -0.0116. The van der Waals surface area contributed by atoms with E-state index in [0.29, 0.717) is 11.5 Å². The lowest BCUT2D eigenvalue weighted by Crippen LogP contribution is -2.38. The minimum Gasteiger partial charge on any atom is -0.385 e. The third-order valence-electron chi connectivity index (χ3n) is 3.56. The highest BCUT2D eigenvalue weighted by molar-refractivity contribution is 5.94. The van der Waals surface area contributed by atoms with Crippen molar-refractivity contribution < 1.29 is 9.53 Å². The first-order chi connectivity index (χ1) is 9.20. The Morgan fingerprint density at radius 1 is 1.42 bits per heavy atom. The Kier molecular flexibility index (Phi) is 4.80. The molecule has 1 heterocycles. The van der Waals surface area contributed by atoms with Gasteiger partial charge in [-0.15, -0.1) is 0 Å². The summed E-state index contributed by atoms with van der Waals surface area (Å²) in [7, 11) is 0. The third-order valence-corrected chi connectivity index (χ3v) is 3.56. The number of hydrogen-bond acceptors (Lipinski definition) is 3. The van der Waals surface area contributed by atoms with Gasteiger partial charge in [-0.3, -0.25) is 4.79 Å². The standard InChI is InChI=1S/C15H22N2O2/c1-3-16-14-6-4-12(5-7-14)15(18)17-11(2)13-8-9-19-10-13/h4-7,11,13,16H,3,8-10H2,1-2H3,(H,17,18). The summed E-state index contributed by atoms with van der Waals surface area (Å²) >= 11 is 0. The van der Waals surface area contributed by atoms with Crippen LogP contribution in [0.3, 0.4) is 0 Å². The molecule has 0 aromatic heterocycles. The first kappa shape index (κ1) is 13.9. The largest absolute Gasteiger partial charge is 0.385 e. The maximum atomic E-state index is 12.1. The highest BCUT2D eigenvalue weighted by atomic mass is 16.5. The second-order valence-electron chi connectivity index (χ2n) is 4.99. The van der Waals surface area contributed by atoms with Gasteiger partial charge in [-0.05, 0) is 44.5 Å². The third kappa shape index (κ3) is 3.70. The zero-order valence-electron chi connectivity index (χ0n) is 11.6. The molecule has 0 radical (unpaired) electrons. The van der Waals surface area contributed by atoms with Crippen molar-refractivity contribution in [1.82, 2.24) is 5.32 Å². The minimum absolute atomic E-state index is 0.0116. The van der Waals surface area contributed by atoms with Gasteiger partial charge in [0.15, 0.2) is 0 Å². The van der Waals surface area contributed by atoms with Crippen molar-refractivity contribution in [3.05, 3.63) is 29.8 Å². The summed E-state index contributed by atoms with van der Waals surface area (Å²) in [6, 6.07) is 7.73. The Labute approximate surface area is 114 Å². The first-order valence-electron chi connectivity index (χ1n) is 6.93. The Morgan fingerprint density at radius 3 is 2.74 bits per heavy atom. The fourth-order valence-corrected chi connectivity index (χ4v) is 2.30. The molecule has 2 rings (SSSR count). The van der Waals surface area contributed by atoms with E-state index in [2.05, 4.69) is 10.6 Å². The Bertz CT molecular complexity index is 411. The lowest BCUT2D eigenvalue weighted by atomic mass is 10.0. The van der Waals surface area contributed by atoms with Crippen molar-refractivity contribution in [2.75, 3.05) is 25.1 Å². The summed E-state index contributed by atoms with van der Waals surface area (Å²) < 4.78 is 5.35. The molecule has 104 valence electrons. The van der Waals surface area contributed by atoms with Crippen LogP contribution in [0.1, 0.15) is 30.6 Å². The smallest absolute Gasteiger partial charge is 0.251 e. The molecular formula is C15H22N2O2. The van der Waals surface area contributed by atoms with Crippen LogP contribution < -0.4 is 10.6 Å². The van der Waals surface area contributed by atoms with Crippen LogP contribution in [0.15, 0.2) is 24.3 Å². The van der Waals surface area contributed by atoms with Crippen LogP contribution in [-0.4, -0.2) is 31.7 Å². The predicted molar refractivity (Wildman–Crippen MR) is 76.5 cm³/mol. The van der Waals surface area contributed by atoms with Crippen molar-refractivity contribution in [3.8, 4) is 0 Å². The van der Waals surface area contributed by atoms with Crippen molar-refractivity contribution in [1.29, 1.82) is 0 Å². The molecule has 2 atom stereocenters. The van der Waals surface area contributed by atoms with Crippen LogP contribution in [-0.2, 0) is 4.74 Å². The van der Waals surface area contributed by atoms with Gasteiger partial charge >= 0.3 is 0 Å². The van der Waals surface area contributed by atoms with E-state index in [0.717, 1.165) is 31.9 Å². The molecule has 1 aliphatic rings. The van der Waals surface area contributed by atoms with Gasteiger partial charge in [0.2, 0.25) is 0 Å². The van der Waals surface area contributed by atoms with Crippen LogP contribution in [0.5, 0.6) is 0 Å². The zero-order valence-corrected chi connectivity index (χ0v) is 11.6. The molecule has 4 nitrogen and oxygen atoms in total. The van der Waals surface area contributed by atoms with E-state index in [-0.39, 0.29) is 11.9 Å². The van der Waals surface area contributed by atoms with Crippen LogP contribution in [0.4, 0.5) is 5.69 Å². The second kappa shape index (κ2) is 6.57. The number of carbonyl (C=O) groups is 1. The fraction of sp³-hybridized carbons (Fsp3) is 0.533. The average Bonchev–Trinajstić information content (AvgIpc) is 2.94. The van der Waals surface area contributed by atoms with Gasteiger partial charge in [0, 0.05) is 36.4 Å². The number of hydrogen-bond donors (Lipinski definition) is 2. The molecule has 2 N–H and O–H groups in total. The molecule has 0 aliphatic carbocycles. The number of ether oxygens (including phenoxy) is 1. The van der Waals surface area contributed by atoms with E-state index in [9.17, 15) is 4.79 Å². The van der Waals surface area contributed by atoms with Gasteiger partial charge in [0.05, 0.1) is 6.61 Å². The number of amides is 1.